The summed E-state index contributed by atoms with van der Waals surface area (Å²) in [6, 6.07) is 14.9. The molecule has 8 heteroatoms. The number of anilines is 3. The Kier molecular flexibility index (Phi) is 7.69. The third kappa shape index (κ3) is 6.29. The Morgan fingerprint density at radius 2 is 1.91 bits per heavy atom. The van der Waals surface area contributed by atoms with Crippen LogP contribution in [-0.2, 0) is 17.0 Å². The number of fused-ring (bicyclic) bond motifs is 1. The van der Waals surface area contributed by atoms with E-state index in [9.17, 15) is 4.79 Å². The van der Waals surface area contributed by atoms with Gasteiger partial charge in [-0.1, -0.05) is 26.0 Å². The first kappa shape index (κ1) is 23.6. The Bertz CT molecular complexity index is 1180. The summed E-state index contributed by atoms with van der Waals surface area (Å²) in [6.07, 6.45) is 4.26. The van der Waals surface area contributed by atoms with Crippen molar-refractivity contribution in [1.82, 2.24) is 9.97 Å². The van der Waals surface area contributed by atoms with Crippen LogP contribution < -0.4 is 20.1 Å². The zero-order valence-electron chi connectivity index (χ0n) is 19.5. The molecule has 176 valence electrons. The third-order valence-electron chi connectivity index (χ3n) is 5.08. The average molecular weight is 477 g/mol. The highest BCUT2D eigenvalue weighted by Crippen LogP contribution is 2.34. The zero-order valence-corrected chi connectivity index (χ0v) is 20.3. The first-order valence-electron chi connectivity index (χ1n) is 11.2. The fourth-order valence-corrected chi connectivity index (χ4v) is 4.34. The highest BCUT2D eigenvalue weighted by atomic mass is 32.2. The number of aromatic nitrogens is 2. The number of thioether (sulfide) groups is 1. The minimum atomic E-state index is -0.173. The van der Waals surface area contributed by atoms with Crippen molar-refractivity contribution in [3.05, 3.63) is 71.9 Å². The van der Waals surface area contributed by atoms with Gasteiger partial charge in [-0.05, 0) is 60.6 Å². The lowest BCUT2D eigenvalue weighted by Crippen LogP contribution is -2.11. The van der Waals surface area contributed by atoms with Gasteiger partial charge in [0.05, 0.1) is 12.8 Å². The number of nitrogens with zero attached hydrogens (tertiary/aromatic N) is 2. The molecule has 1 aromatic heterocycles. The monoisotopic (exact) mass is 476 g/mol. The number of methoxy groups -OCH3 is 1. The third-order valence-corrected chi connectivity index (χ3v) is 6.06. The van der Waals surface area contributed by atoms with Crippen molar-refractivity contribution < 1.29 is 14.3 Å². The van der Waals surface area contributed by atoms with Crippen molar-refractivity contribution in [3.8, 4) is 17.4 Å². The SMILES string of the molecule is COc1ccc(Nc2nc3c(c(Oc4cccc(NC(=O)/C=C/C(C)C)c4)n2)CSCC3)cc1. The molecule has 2 heterocycles. The Balaban J connectivity index is 1.56. The van der Waals surface area contributed by atoms with E-state index in [-0.39, 0.29) is 5.91 Å². The molecular formula is C26H28N4O3S. The summed E-state index contributed by atoms with van der Waals surface area (Å²) >= 11 is 1.84. The highest BCUT2D eigenvalue weighted by Gasteiger charge is 2.20. The van der Waals surface area contributed by atoms with E-state index in [1.54, 1.807) is 19.3 Å². The van der Waals surface area contributed by atoms with E-state index in [0.29, 0.717) is 29.2 Å². The molecule has 3 aromatic rings. The number of ether oxygens (including phenoxy) is 2. The molecular weight excluding hydrogens is 448 g/mol. The normalized spacial score (nSPS) is 12.9. The first-order valence-corrected chi connectivity index (χ1v) is 12.3. The van der Waals surface area contributed by atoms with Gasteiger partial charge in [-0.2, -0.15) is 16.7 Å². The molecule has 4 rings (SSSR count). The van der Waals surface area contributed by atoms with E-state index in [0.717, 1.165) is 40.6 Å². The molecule has 0 atom stereocenters. The van der Waals surface area contributed by atoms with Crippen molar-refractivity contribution in [2.45, 2.75) is 26.0 Å². The van der Waals surface area contributed by atoms with Crippen molar-refractivity contribution in [2.24, 2.45) is 5.92 Å². The van der Waals surface area contributed by atoms with Gasteiger partial charge in [0, 0.05) is 28.8 Å². The van der Waals surface area contributed by atoms with Crippen LogP contribution in [0.3, 0.4) is 0 Å². The number of amides is 1. The fraction of sp³-hybridized carbons (Fsp3) is 0.269. The van der Waals surface area contributed by atoms with Crippen LogP contribution in [0.25, 0.3) is 0 Å². The number of rotatable bonds is 8. The quantitative estimate of drug-likeness (QED) is 0.388. The number of carbonyl (C=O) groups excluding carboxylic acids is 1. The molecule has 34 heavy (non-hydrogen) atoms. The van der Waals surface area contributed by atoms with Crippen LogP contribution in [0.15, 0.2) is 60.7 Å². The summed E-state index contributed by atoms with van der Waals surface area (Å²) < 4.78 is 11.4. The summed E-state index contributed by atoms with van der Waals surface area (Å²) in [4.78, 5) is 21.6. The van der Waals surface area contributed by atoms with Gasteiger partial charge in [-0.25, -0.2) is 4.98 Å². The van der Waals surface area contributed by atoms with E-state index in [1.165, 1.54) is 0 Å². The molecule has 0 unspecified atom stereocenters. The smallest absolute Gasteiger partial charge is 0.248 e. The van der Waals surface area contributed by atoms with Gasteiger partial charge >= 0.3 is 0 Å². The summed E-state index contributed by atoms with van der Waals surface area (Å²) in [6.45, 7) is 4.05. The van der Waals surface area contributed by atoms with Crippen LogP contribution in [0.4, 0.5) is 17.3 Å². The maximum Gasteiger partial charge on any atom is 0.248 e. The molecule has 0 radical (unpaired) electrons. The molecule has 1 aliphatic rings. The lowest BCUT2D eigenvalue weighted by atomic mass is 10.2. The van der Waals surface area contributed by atoms with E-state index < -0.39 is 0 Å². The first-order chi connectivity index (χ1) is 16.5. The lowest BCUT2D eigenvalue weighted by molar-refractivity contribution is -0.111. The molecule has 0 fully saturated rings. The number of nitrogens with one attached hydrogen (secondary N) is 2. The van der Waals surface area contributed by atoms with Crippen LogP contribution in [0.5, 0.6) is 17.4 Å². The minimum Gasteiger partial charge on any atom is -0.497 e. The minimum absolute atomic E-state index is 0.173. The van der Waals surface area contributed by atoms with Gasteiger partial charge in [-0.15, -0.1) is 0 Å². The second-order valence-electron chi connectivity index (χ2n) is 8.16. The fourth-order valence-electron chi connectivity index (χ4n) is 3.36. The number of hydrogen-bond acceptors (Lipinski definition) is 7. The average Bonchev–Trinajstić information content (AvgIpc) is 2.83. The largest absolute Gasteiger partial charge is 0.497 e. The maximum atomic E-state index is 12.2. The molecule has 0 saturated heterocycles. The zero-order chi connectivity index (χ0) is 23.9. The van der Waals surface area contributed by atoms with Crippen LogP contribution in [0.1, 0.15) is 25.1 Å². The highest BCUT2D eigenvalue weighted by molar-refractivity contribution is 7.98. The molecule has 2 aromatic carbocycles. The number of benzene rings is 2. The van der Waals surface area contributed by atoms with E-state index in [4.69, 9.17) is 14.5 Å². The van der Waals surface area contributed by atoms with Crippen LogP contribution in [0.2, 0.25) is 0 Å². The molecule has 0 aliphatic carbocycles. The summed E-state index contributed by atoms with van der Waals surface area (Å²) in [5.41, 5.74) is 3.51. The molecule has 0 bridgehead atoms. The number of aryl methyl sites for hydroxylation is 1. The van der Waals surface area contributed by atoms with Crippen molar-refractivity contribution >= 4 is 35.0 Å². The second-order valence-corrected chi connectivity index (χ2v) is 9.26. The van der Waals surface area contributed by atoms with Gasteiger partial charge in [0.25, 0.3) is 0 Å². The Hall–Kier alpha value is -3.52. The predicted molar refractivity (Wildman–Crippen MR) is 137 cm³/mol. The second kappa shape index (κ2) is 11.1. The number of carbonyl (C=O) groups is 1. The topological polar surface area (TPSA) is 85.4 Å². The van der Waals surface area contributed by atoms with Crippen LogP contribution in [-0.4, -0.2) is 28.7 Å². The van der Waals surface area contributed by atoms with E-state index >= 15 is 0 Å². The molecule has 2 N–H and O–H groups in total. The lowest BCUT2D eigenvalue weighted by Gasteiger charge is -2.19. The van der Waals surface area contributed by atoms with Crippen LogP contribution >= 0.6 is 11.8 Å². The van der Waals surface area contributed by atoms with Crippen molar-refractivity contribution in [1.29, 1.82) is 0 Å². The molecule has 7 nitrogen and oxygen atoms in total. The molecule has 0 spiro atoms. The Morgan fingerprint density at radius 3 is 2.68 bits per heavy atom. The predicted octanol–water partition coefficient (Wildman–Crippen LogP) is 5.96. The Labute approximate surface area is 204 Å². The van der Waals surface area contributed by atoms with Gasteiger partial charge in [0.2, 0.25) is 17.7 Å². The number of allylic oxidation sites excluding steroid dienone is 1. The van der Waals surface area contributed by atoms with Gasteiger partial charge < -0.3 is 20.1 Å². The Morgan fingerprint density at radius 1 is 1.09 bits per heavy atom. The molecule has 1 amide bonds. The molecule has 0 saturated carbocycles. The maximum absolute atomic E-state index is 12.2. The molecule has 1 aliphatic heterocycles. The van der Waals surface area contributed by atoms with E-state index in [1.807, 2.05) is 74.1 Å². The van der Waals surface area contributed by atoms with Gasteiger partial charge in [-0.3, -0.25) is 4.79 Å². The summed E-state index contributed by atoms with van der Waals surface area (Å²) in [5.74, 6) is 4.32. The van der Waals surface area contributed by atoms with E-state index in [2.05, 4.69) is 15.6 Å². The van der Waals surface area contributed by atoms with Crippen molar-refractivity contribution in [2.75, 3.05) is 23.5 Å². The number of hydrogen-bond donors (Lipinski definition) is 2. The standard InChI is InChI=1S/C26H28N4O3S/c1-17(2)7-12-24(31)27-19-5-4-6-21(15-19)33-25-22-16-34-14-13-23(22)29-26(30-25)28-18-8-10-20(32-3)11-9-18/h4-12,15,17H,13-14,16H2,1-3H3,(H,27,31)(H,28,29,30)/b12-7+. The van der Waals surface area contributed by atoms with Gasteiger partial charge in [0.15, 0.2) is 0 Å². The summed E-state index contributed by atoms with van der Waals surface area (Å²) in [7, 11) is 1.64. The van der Waals surface area contributed by atoms with Gasteiger partial charge in [0.1, 0.15) is 11.5 Å². The summed E-state index contributed by atoms with van der Waals surface area (Å²) in [5, 5.41) is 6.14. The van der Waals surface area contributed by atoms with Crippen LogP contribution in [0, 0.1) is 5.92 Å². The van der Waals surface area contributed by atoms with Crippen molar-refractivity contribution in [3.63, 3.8) is 0 Å².